The predicted molar refractivity (Wildman–Crippen MR) is 220 cm³/mol. The number of unbranched alkanes of at least 4 members (excludes halogenated alkanes) is 30. The molecule has 0 atom stereocenters. The van der Waals surface area contributed by atoms with E-state index < -0.39 is 10.1 Å². The third-order valence-electron chi connectivity index (χ3n) is 11.0. The van der Waals surface area contributed by atoms with Crippen LogP contribution in [0.3, 0.4) is 0 Å². The Balaban J connectivity index is 1.61. The number of aryl methyl sites for hydroxylation is 2. The van der Waals surface area contributed by atoms with Crippen molar-refractivity contribution in [1.82, 2.24) is 0 Å². The zero-order valence-corrected chi connectivity index (χ0v) is 33.9. The van der Waals surface area contributed by atoms with Crippen LogP contribution >= 0.6 is 0 Å². The lowest BCUT2D eigenvalue weighted by molar-refractivity contribution is 0.484. The summed E-state index contributed by atoms with van der Waals surface area (Å²) >= 11 is 0. The summed E-state index contributed by atoms with van der Waals surface area (Å²) < 4.78 is 35.3. The van der Waals surface area contributed by atoms with E-state index in [0.717, 1.165) is 47.6 Å². The van der Waals surface area contributed by atoms with E-state index in [1.54, 1.807) is 6.07 Å². The summed E-state index contributed by atoms with van der Waals surface area (Å²) in [6.45, 7) is 4.57. The van der Waals surface area contributed by atoms with Crippen molar-refractivity contribution in [2.75, 3.05) is 0 Å². The van der Waals surface area contributed by atoms with Crippen LogP contribution in [0.2, 0.25) is 0 Å². The van der Waals surface area contributed by atoms with E-state index in [1.165, 1.54) is 193 Å². The van der Waals surface area contributed by atoms with E-state index in [4.69, 9.17) is 0 Å². The molecule has 0 fully saturated rings. The summed E-state index contributed by atoms with van der Waals surface area (Å²) in [5.41, 5.74) is 2.07. The zero-order chi connectivity index (χ0) is 36.0. The first-order chi connectivity index (χ1) is 24.5. The third-order valence-corrected chi connectivity index (χ3v) is 11.9. The van der Waals surface area contributed by atoms with Crippen LogP contribution < -0.4 is 0 Å². The number of fused-ring (bicyclic) bond motifs is 1. The fourth-order valence-electron chi connectivity index (χ4n) is 7.82. The molecule has 2 aromatic carbocycles. The maximum Gasteiger partial charge on any atom is 0.295 e. The molecule has 0 radical (unpaired) electrons. The van der Waals surface area contributed by atoms with Crippen molar-refractivity contribution in [2.24, 2.45) is 0 Å². The summed E-state index contributed by atoms with van der Waals surface area (Å²) in [5.74, 6) is 0. The molecule has 50 heavy (non-hydrogen) atoms. The van der Waals surface area contributed by atoms with Gasteiger partial charge in [0, 0.05) is 5.39 Å². The Bertz CT molecular complexity index is 1190. The molecule has 0 saturated heterocycles. The van der Waals surface area contributed by atoms with Crippen molar-refractivity contribution in [3.05, 3.63) is 41.5 Å². The maximum atomic E-state index is 12.6. The predicted octanol–water partition coefficient (Wildman–Crippen LogP) is 15.7. The standard InChI is InChI=1S/C46H80O3S/c1-3-5-7-9-11-13-15-17-19-21-23-25-27-29-31-33-36-42-40-44-39-35-38-43(46(44)45(41-42)50(47,48)49)37-34-32-30-28-26-24-22-20-18-16-14-12-10-8-6-4-2/h35,38-41H,3-34,36-37H2,1-2H3,(H,47,48,49). The highest BCUT2D eigenvalue weighted by Gasteiger charge is 2.18. The van der Waals surface area contributed by atoms with E-state index in [1.807, 2.05) is 6.07 Å². The Labute approximate surface area is 311 Å². The van der Waals surface area contributed by atoms with E-state index >= 15 is 0 Å². The van der Waals surface area contributed by atoms with Crippen LogP contribution in [-0.2, 0) is 23.0 Å². The second kappa shape index (κ2) is 30.1. The van der Waals surface area contributed by atoms with Gasteiger partial charge in [-0.2, -0.15) is 8.42 Å². The van der Waals surface area contributed by atoms with Gasteiger partial charge in [-0.05, 0) is 48.3 Å². The van der Waals surface area contributed by atoms with Gasteiger partial charge < -0.3 is 0 Å². The zero-order valence-electron chi connectivity index (χ0n) is 33.1. The van der Waals surface area contributed by atoms with Crippen LogP contribution in [0.25, 0.3) is 10.8 Å². The molecule has 0 spiro atoms. The molecule has 288 valence electrons. The Morgan fingerprint density at radius 2 is 0.780 bits per heavy atom. The molecule has 0 bridgehead atoms. The van der Waals surface area contributed by atoms with Crippen molar-refractivity contribution in [3.8, 4) is 0 Å². The molecule has 0 aliphatic carbocycles. The van der Waals surface area contributed by atoms with Crippen molar-refractivity contribution in [2.45, 2.75) is 237 Å². The third kappa shape index (κ3) is 21.9. The minimum Gasteiger partial charge on any atom is -0.282 e. The second-order valence-electron chi connectivity index (χ2n) is 15.7. The van der Waals surface area contributed by atoms with E-state index in [-0.39, 0.29) is 4.90 Å². The van der Waals surface area contributed by atoms with Crippen LogP contribution in [0.4, 0.5) is 0 Å². The SMILES string of the molecule is CCCCCCCCCCCCCCCCCCc1cc(S(=O)(=O)O)c2c(CCCCCCCCCCCCCCCCCC)cccc2c1. The van der Waals surface area contributed by atoms with Gasteiger partial charge in [0.05, 0.1) is 0 Å². The monoisotopic (exact) mass is 713 g/mol. The van der Waals surface area contributed by atoms with E-state index in [2.05, 4.69) is 32.0 Å². The Morgan fingerprint density at radius 1 is 0.440 bits per heavy atom. The van der Waals surface area contributed by atoms with Crippen molar-refractivity contribution in [1.29, 1.82) is 0 Å². The Morgan fingerprint density at radius 3 is 1.14 bits per heavy atom. The van der Waals surface area contributed by atoms with E-state index in [0.29, 0.717) is 0 Å². The molecule has 0 aliphatic rings. The molecule has 3 nitrogen and oxygen atoms in total. The highest BCUT2D eigenvalue weighted by atomic mass is 32.2. The summed E-state index contributed by atoms with van der Waals surface area (Å²) in [7, 11) is -4.30. The average Bonchev–Trinajstić information content (AvgIpc) is 3.10. The molecule has 0 saturated carbocycles. The Kier molecular flexibility index (Phi) is 27.0. The molecule has 0 unspecified atom stereocenters. The first kappa shape index (κ1) is 44.8. The molecule has 0 aromatic heterocycles. The van der Waals surface area contributed by atoms with Gasteiger partial charge in [0.2, 0.25) is 0 Å². The Hall–Kier alpha value is -1.39. The summed E-state index contributed by atoms with van der Waals surface area (Å²) in [5, 5.41) is 1.67. The molecule has 4 heteroatoms. The largest absolute Gasteiger partial charge is 0.295 e. The van der Waals surface area contributed by atoms with Gasteiger partial charge >= 0.3 is 0 Å². The smallest absolute Gasteiger partial charge is 0.282 e. The van der Waals surface area contributed by atoms with Gasteiger partial charge in [-0.25, -0.2) is 0 Å². The van der Waals surface area contributed by atoms with Crippen LogP contribution in [-0.4, -0.2) is 13.0 Å². The highest BCUT2D eigenvalue weighted by Crippen LogP contribution is 2.30. The lowest BCUT2D eigenvalue weighted by Gasteiger charge is -2.13. The van der Waals surface area contributed by atoms with Gasteiger partial charge in [-0.15, -0.1) is 0 Å². The van der Waals surface area contributed by atoms with Gasteiger partial charge in [0.1, 0.15) is 4.90 Å². The molecule has 2 aromatic rings. The molecule has 0 amide bonds. The number of rotatable bonds is 35. The molecule has 1 N–H and O–H groups in total. The molecular formula is C46H80O3S. The number of benzene rings is 2. The van der Waals surface area contributed by atoms with Gasteiger partial charge in [0.15, 0.2) is 0 Å². The van der Waals surface area contributed by atoms with Crippen molar-refractivity contribution in [3.63, 3.8) is 0 Å². The molecule has 0 aliphatic heterocycles. The highest BCUT2D eigenvalue weighted by molar-refractivity contribution is 7.86. The fourth-order valence-corrected chi connectivity index (χ4v) is 8.63. The molecule has 2 rings (SSSR count). The topological polar surface area (TPSA) is 54.4 Å². The molecule has 0 heterocycles. The first-order valence-electron chi connectivity index (χ1n) is 22.0. The fraction of sp³-hybridized carbons (Fsp3) is 0.783. The number of hydrogen-bond acceptors (Lipinski definition) is 2. The summed E-state index contributed by atoms with van der Waals surface area (Å²) in [6, 6.07) is 10.0. The quantitative estimate of drug-likeness (QED) is 0.0572. The van der Waals surface area contributed by atoms with Gasteiger partial charge in [0.25, 0.3) is 10.1 Å². The lowest BCUT2D eigenvalue weighted by Crippen LogP contribution is -2.03. The van der Waals surface area contributed by atoms with Crippen LogP contribution in [0, 0.1) is 0 Å². The summed E-state index contributed by atoms with van der Waals surface area (Å²) in [6.07, 6.45) is 44.8. The maximum absolute atomic E-state index is 12.6. The van der Waals surface area contributed by atoms with Crippen molar-refractivity contribution < 1.29 is 13.0 Å². The molecular weight excluding hydrogens is 633 g/mol. The van der Waals surface area contributed by atoms with Crippen LogP contribution in [0.1, 0.15) is 230 Å². The number of hydrogen-bond donors (Lipinski definition) is 1. The van der Waals surface area contributed by atoms with Crippen molar-refractivity contribution >= 4 is 20.9 Å². The first-order valence-corrected chi connectivity index (χ1v) is 23.4. The minimum atomic E-state index is -4.30. The van der Waals surface area contributed by atoms with Gasteiger partial charge in [-0.1, -0.05) is 231 Å². The average molecular weight is 713 g/mol. The second-order valence-corrected chi connectivity index (χ2v) is 17.1. The van der Waals surface area contributed by atoms with Crippen LogP contribution in [0.15, 0.2) is 35.2 Å². The minimum absolute atomic E-state index is 0.105. The van der Waals surface area contributed by atoms with Crippen LogP contribution in [0.5, 0.6) is 0 Å². The van der Waals surface area contributed by atoms with E-state index in [9.17, 15) is 13.0 Å². The lowest BCUT2D eigenvalue weighted by atomic mass is 9.96. The normalized spacial score (nSPS) is 12.0. The summed E-state index contributed by atoms with van der Waals surface area (Å²) in [4.78, 5) is 0.105. The van der Waals surface area contributed by atoms with Gasteiger partial charge in [-0.3, -0.25) is 4.55 Å².